The Hall–Kier alpha value is -0.0900. The molecule has 0 heterocycles. The standard InChI is InChI=1S/C9H11Cl2O4P/c1-2-9(8-6-4-3-5-7-8)13-16(12,14-10)15-11/h3-7,9H,2H2,1H3. The van der Waals surface area contributed by atoms with Crippen LogP contribution in [0.1, 0.15) is 25.0 Å². The van der Waals surface area contributed by atoms with Crippen molar-refractivity contribution in [2.45, 2.75) is 19.4 Å². The molecule has 0 aliphatic carbocycles. The van der Waals surface area contributed by atoms with Crippen LogP contribution in [0.25, 0.3) is 0 Å². The van der Waals surface area contributed by atoms with Gasteiger partial charge in [-0.25, -0.2) is 4.57 Å². The molecule has 16 heavy (non-hydrogen) atoms. The molecule has 90 valence electrons. The lowest BCUT2D eigenvalue weighted by Gasteiger charge is -2.18. The van der Waals surface area contributed by atoms with E-state index in [9.17, 15) is 4.57 Å². The molecule has 1 aromatic rings. The van der Waals surface area contributed by atoms with Gasteiger partial charge >= 0.3 is 7.82 Å². The van der Waals surface area contributed by atoms with Crippen LogP contribution in [0.5, 0.6) is 0 Å². The molecule has 0 spiro atoms. The summed E-state index contributed by atoms with van der Waals surface area (Å²) in [5, 5.41) is 0. The van der Waals surface area contributed by atoms with Crippen molar-refractivity contribution < 1.29 is 17.2 Å². The third-order valence-electron chi connectivity index (χ3n) is 1.97. The molecule has 1 rings (SSSR count). The molecule has 4 nitrogen and oxygen atoms in total. The minimum atomic E-state index is -3.89. The Morgan fingerprint density at radius 3 is 2.25 bits per heavy atom. The molecule has 0 saturated heterocycles. The third-order valence-corrected chi connectivity index (χ3v) is 3.83. The topological polar surface area (TPSA) is 44.8 Å². The van der Waals surface area contributed by atoms with Crippen LogP contribution in [0, 0.1) is 0 Å². The fourth-order valence-electron chi connectivity index (χ4n) is 1.24. The van der Waals surface area contributed by atoms with Crippen LogP contribution in [0.2, 0.25) is 0 Å². The highest BCUT2D eigenvalue weighted by molar-refractivity contribution is 7.50. The summed E-state index contributed by atoms with van der Waals surface area (Å²) in [5.41, 5.74) is 0.840. The summed E-state index contributed by atoms with van der Waals surface area (Å²) in [4.78, 5) is 0. The molecule has 0 radical (unpaired) electrons. The van der Waals surface area contributed by atoms with Gasteiger partial charge in [0.2, 0.25) is 0 Å². The van der Waals surface area contributed by atoms with Crippen LogP contribution in [0.4, 0.5) is 0 Å². The van der Waals surface area contributed by atoms with Crippen LogP contribution >= 0.6 is 31.6 Å². The van der Waals surface area contributed by atoms with Gasteiger partial charge in [0.05, 0.1) is 29.8 Å². The molecule has 0 amide bonds. The first-order valence-electron chi connectivity index (χ1n) is 4.59. The molecule has 7 heteroatoms. The SMILES string of the molecule is CCC(OP(=O)(OCl)OCl)c1ccccc1. The molecule has 1 atom stereocenters. The van der Waals surface area contributed by atoms with E-state index in [1.54, 1.807) is 0 Å². The first-order valence-corrected chi connectivity index (χ1v) is 6.67. The number of hydrogen-bond donors (Lipinski definition) is 0. The second-order valence-electron chi connectivity index (χ2n) is 3.00. The molecule has 0 aliphatic rings. The quantitative estimate of drug-likeness (QED) is 0.716. The lowest BCUT2D eigenvalue weighted by molar-refractivity contribution is 0.145. The number of halogens is 2. The molecule has 0 N–H and O–H groups in total. The van der Waals surface area contributed by atoms with Gasteiger partial charge in [0.1, 0.15) is 0 Å². The highest BCUT2D eigenvalue weighted by Gasteiger charge is 2.31. The Morgan fingerprint density at radius 2 is 1.81 bits per heavy atom. The Morgan fingerprint density at radius 1 is 1.25 bits per heavy atom. The van der Waals surface area contributed by atoms with Crippen molar-refractivity contribution in [2.24, 2.45) is 0 Å². The number of hydrogen-bond acceptors (Lipinski definition) is 4. The maximum absolute atomic E-state index is 11.6. The van der Waals surface area contributed by atoms with Gasteiger partial charge < -0.3 is 0 Å². The summed E-state index contributed by atoms with van der Waals surface area (Å²) in [6.45, 7) is 1.87. The highest BCUT2D eigenvalue weighted by atomic mass is 35.5. The van der Waals surface area contributed by atoms with Crippen LogP contribution in [-0.4, -0.2) is 0 Å². The smallest absolute Gasteiger partial charge is 0.277 e. The molecule has 1 aromatic carbocycles. The van der Waals surface area contributed by atoms with Gasteiger partial charge in [0.25, 0.3) is 0 Å². The van der Waals surface area contributed by atoms with E-state index in [1.807, 2.05) is 37.3 Å². The van der Waals surface area contributed by atoms with E-state index in [-0.39, 0.29) is 0 Å². The summed E-state index contributed by atoms with van der Waals surface area (Å²) >= 11 is 10.00. The maximum atomic E-state index is 11.6. The van der Waals surface area contributed by atoms with E-state index in [0.717, 1.165) is 5.56 Å². The normalized spacial score (nSPS) is 13.7. The molecular weight excluding hydrogens is 274 g/mol. The monoisotopic (exact) mass is 284 g/mol. The number of benzene rings is 1. The van der Waals surface area contributed by atoms with Crippen molar-refractivity contribution in [1.82, 2.24) is 0 Å². The Kier molecular flexibility index (Phi) is 5.76. The fourth-order valence-corrected chi connectivity index (χ4v) is 2.36. The molecule has 0 saturated carbocycles. The largest absolute Gasteiger partial charge is 0.508 e. The lowest BCUT2D eigenvalue weighted by atomic mass is 10.1. The van der Waals surface area contributed by atoms with Gasteiger partial charge in [-0.3, -0.25) is 4.52 Å². The van der Waals surface area contributed by atoms with Gasteiger partial charge in [-0.2, -0.15) is 8.15 Å². The summed E-state index contributed by atoms with van der Waals surface area (Å²) in [6, 6.07) is 9.22. The third kappa shape index (κ3) is 3.74. The number of phosphoric acid groups is 1. The summed E-state index contributed by atoms with van der Waals surface area (Å²) < 4.78 is 24.9. The van der Waals surface area contributed by atoms with E-state index in [2.05, 4.69) is 8.15 Å². The molecule has 0 aliphatic heterocycles. The Balaban J connectivity index is 2.81. The van der Waals surface area contributed by atoms with Crippen LogP contribution in [0.15, 0.2) is 30.3 Å². The van der Waals surface area contributed by atoms with Crippen molar-refractivity contribution in [3.8, 4) is 0 Å². The second-order valence-corrected chi connectivity index (χ2v) is 5.21. The molecule has 0 bridgehead atoms. The zero-order valence-electron chi connectivity index (χ0n) is 8.51. The van der Waals surface area contributed by atoms with Crippen LogP contribution in [-0.2, 0) is 17.2 Å². The average Bonchev–Trinajstić information content (AvgIpc) is 2.36. The second kappa shape index (κ2) is 6.60. The molecule has 1 unspecified atom stereocenters. The van der Waals surface area contributed by atoms with Crippen LogP contribution in [0.3, 0.4) is 0 Å². The predicted molar refractivity (Wildman–Crippen MR) is 62.0 cm³/mol. The number of rotatable bonds is 6. The van der Waals surface area contributed by atoms with E-state index in [4.69, 9.17) is 28.3 Å². The van der Waals surface area contributed by atoms with Crippen molar-refractivity contribution in [2.75, 3.05) is 0 Å². The van der Waals surface area contributed by atoms with Crippen molar-refractivity contribution in [3.05, 3.63) is 35.9 Å². The van der Waals surface area contributed by atoms with E-state index < -0.39 is 13.9 Å². The van der Waals surface area contributed by atoms with E-state index >= 15 is 0 Å². The highest BCUT2D eigenvalue weighted by Crippen LogP contribution is 2.55. The zero-order valence-corrected chi connectivity index (χ0v) is 10.9. The first kappa shape index (κ1) is 14.0. The van der Waals surface area contributed by atoms with Crippen LogP contribution < -0.4 is 0 Å². The molecular formula is C9H11Cl2O4P. The van der Waals surface area contributed by atoms with Gasteiger partial charge in [-0.1, -0.05) is 37.3 Å². The van der Waals surface area contributed by atoms with E-state index in [1.165, 1.54) is 0 Å². The zero-order chi connectivity index (χ0) is 12.0. The van der Waals surface area contributed by atoms with Gasteiger partial charge in [0, 0.05) is 0 Å². The fraction of sp³-hybridized carbons (Fsp3) is 0.333. The van der Waals surface area contributed by atoms with Crippen molar-refractivity contribution in [1.29, 1.82) is 0 Å². The molecule has 0 aromatic heterocycles. The molecule has 0 fully saturated rings. The lowest BCUT2D eigenvalue weighted by Crippen LogP contribution is -2.02. The van der Waals surface area contributed by atoms with Gasteiger partial charge in [-0.15, -0.1) is 0 Å². The summed E-state index contributed by atoms with van der Waals surface area (Å²) in [7, 11) is -3.89. The minimum Gasteiger partial charge on any atom is -0.277 e. The summed E-state index contributed by atoms with van der Waals surface area (Å²) in [5.74, 6) is 0. The minimum absolute atomic E-state index is 0.454. The Labute approximate surface area is 104 Å². The van der Waals surface area contributed by atoms with E-state index in [0.29, 0.717) is 6.42 Å². The summed E-state index contributed by atoms with van der Waals surface area (Å²) in [6.07, 6.45) is 0.124. The Bertz CT molecular complexity index is 352. The van der Waals surface area contributed by atoms with Gasteiger partial charge in [-0.05, 0) is 12.0 Å². The van der Waals surface area contributed by atoms with Gasteiger partial charge in [0.15, 0.2) is 0 Å². The first-order chi connectivity index (χ1) is 7.65. The average molecular weight is 285 g/mol. The predicted octanol–water partition coefficient (Wildman–Crippen LogP) is 4.60. The van der Waals surface area contributed by atoms with Crippen molar-refractivity contribution >= 4 is 31.6 Å². The van der Waals surface area contributed by atoms with Crippen molar-refractivity contribution in [3.63, 3.8) is 0 Å². The maximum Gasteiger partial charge on any atom is 0.508 e.